The van der Waals surface area contributed by atoms with Crippen LogP contribution >= 0.6 is 24.8 Å². The van der Waals surface area contributed by atoms with Crippen LogP contribution in [0.2, 0.25) is 0 Å². The van der Waals surface area contributed by atoms with Gasteiger partial charge in [0.1, 0.15) is 19.0 Å². The summed E-state index contributed by atoms with van der Waals surface area (Å²) in [4.78, 5) is 19.1. The van der Waals surface area contributed by atoms with E-state index in [-0.39, 0.29) is 42.9 Å². The largest absolute Gasteiger partial charge is 0.490 e. The lowest BCUT2D eigenvalue weighted by Crippen LogP contribution is -2.48. The molecular formula is C27H31Cl2N3O4. The van der Waals surface area contributed by atoms with Crippen LogP contribution in [0.5, 0.6) is 5.75 Å². The molecule has 3 aromatic rings. The minimum atomic E-state index is -0.283. The quantitative estimate of drug-likeness (QED) is 0.439. The molecule has 1 fully saturated rings. The van der Waals surface area contributed by atoms with E-state index in [1.165, 1.54) is 22.3 Å². The van der Waals surface area contributed by atoms with Crippen molar-refractivity contribution in [1.82, 2.24) is 15.2 Å². The third kappa shape index (κ3) is 5.93. The molecule has 192 valence electrons. The van der Waals surface area contributed by atoms with Crippen LogP contribution in [0.25, 0.3) is 11.1 Å². The van der Waals surface area contributed by atoms with Crippen LogP contribution in [0.1, 0.15) is 28.7 Å². The fraction of sp³-hybridized carbons (Fsp3) is 0.333. The van der Waals surface area contributed by atoms with Crippen LogP contribution in [0.4, 0.5) is 4.79 Å². The SMILES string of the molecule is COCCOc1cncc(C2CN(C(=O)OCC3c4ccccc4-c4ccccc43)CCN2)c1.Cl.Cl. The number of hydrogen-bond acceptors (Lipinski definition) is 6. The molecule has 0 spiro atoms. The summed E-state index contributed by atoms with van der Waals surface area (Å²) >= 11 is 0. The molecule has 0 radical (unpaired) electrons. The van der Waals surface area contributed by atoms with Gasteiger partial charge in [-0.2, -0.15) is 0 Å². The lowest BCUT2D eigenvalue weighted by atomic mass is 9.98. The molecule has 1 aliphatic carbocycles. The van der Waals surface area contributed by atoms with Gasteiger partial charge in [0.2, 0.25) is 0 Å². The Morgan fingerprint density at radius 1 is 1.03 bits per heavy atom. The zero-order chi connectivity index (χ0) is 23.3. The van der Waals surface area contributed by atoms with Crippen molar-refractivity contribution in [3.63, 3.8) is 0 Å². The number of rotatable bonds is 7. The van der Waals surface area contributed by atoms with Crippen molar-refractivity contribution < 1.29 is 19.0 Å². The summed E-state index contributed by atoms with van der Waals surface area (Å²) in [6.45, 7) is 3.10. The van der Waals surface area contributed by atoms with E-state index in [1.807, 2.05) is 24.4 Å². The summed E-state index contributed by atoms with van der Waals surface area (Å²) in [6, 6.07) is 18.6. The summed E-state index contributed by atoms with van der Waals surface area (Å²) in [5, 5.41) is 3.47. The van der Waals surface area contributed by atoms with Crippen LogP contribution in [0.15, 0.2) is 67.0 Å². The van der Waals surface area contributed by atoms with E-state index in [1.54, 1.807) is 18.2 Å². The second-order valence-electron chi connectivity index (χ2n) is 8.55. The highest BCUT2D eigenvalue weighted by atomic mass is 35.5. The van der Waals surface area contributed by atoms with Crippen molar-refractivity contribution in [2.75, 3.05) is 46.6 Å². The van der Waals surface area contributed by atoms with Crippen LogP contribution in [0, 0.1) is 0 Å². The van der Waals surface area contributed by atoms with Crippen molar-refractivity contribution in [1.29, 1.82) is 0 Å². The second kappa shape index (κ2) is 12.9. The fourth-order valence-electron chi connectivity index (χ4n) is 4.77. The summed E-state index contributed by atoms with van der Waals surface area (Å²) in [5.41, 5.74) is 5.85. The van der Waals surface area contributed by atoms with E-state index in [9.17, 15) is 4.79 Å². The van der Waals surface area contributed by atoms with Gasteiger partial charge in [0, 0.05) is 38.9 Å². The lowest BCUT2D eigenvalue weighted by Gasteiger charge is -2.33. The topological polar surface area (TPSA) is 72.9 Å². The van der Waals surface area contributed by atoms with Gasteiger partial charge in [0.15, 0.2) is 0 Å². The zero-order valence-corrected chi connectivity index (χ0v) is 21.7. The first kappa shape index (κ1) is 27.7. The molecule has 36 heavy (non-hydrogen) atoms. The minimum absolute atomic E-state index is 0. The van der Waals surface area contributed by atoms with Crippen molar-refractivity contribution >= 4 is 30.9 Å². The van der Waals surface area contributed by atoms with Crippen LogP contribution in [-0.2, 0) is 9.47 Å². The highest BCUT2D eigenvalue weighted by Crippen LogP contribution is 2.44. The second-order valence-corrected chi connectivity index (χ2v) is 8.55. The average Bonchev–Trinajstić information content (AvgIpc) is 3.21. The third-order valence-corrected chi connectivity index (χ3v) is 6.46. The van der Waals surface area contributed by atoms with Crippen LogP contribution in [0.3, 0.4) is 0 Å². The van der Waals surface area contributed by atoms with Crippen molar-refractivity contribution in [3.05, 3.63) is 83.7 Å². The monoisotopic (exact) mass is 531 g/mol. The molecule has 1 unspecified atom stereocenters. The van der Waals surface area contributed by atoms with Gasteiger partial charge in [-0.25, -0.2) is 4.79 Å². The molecule has 1 saturated heterocycles. The first-order valence-electron chi connectivity index (χ1n) is 11.6. The van der Waals surface area contributed by atoms with Gasteiger partial charge in [-0.15, -0.1) is 24.8 Å². The van der Waals surface area contributed by atoms with E-state index in [0.29, 0.717) is 45.2 Å². The van der Waals surface area contributed by atoms with Crippen molar-refractivity contribution in [3.8, 4) is 16.9 Å². The van der Waals surface area contributed by atoms with E-state index < -0.39 is 0 Å². The fourth-order valence-corrected chi connectivity index (χ4v) is 4.77. The molecule has 2 aliphatic rings. The number of halogens is 2. The predicted octanol–water partition coefficient (Wildman–Crippen LogP) is 4.85. The number of aromatic nitrogens is 1. The number of nitrogens with zero attached hydrogens (tertiary/aromatic N) is 2. The molecule has 0 bridgehead atoms. The third-order valence-electron chi connectivity index (χ3n) is 6.46. The number of pyridine rings is 1. The van der Waals surface area contributed by atoms with E-state index in [2.05, 4.69) is 46.7 Å². The number of methoxy groups -OCH3 is 1. The molecule has 5 rings (SSSR count). The summed E-state index contributed by atoms with van der Waals surface area (Å²) in [5.74, 6) is 0.745. The van der Waals surface area contributed by atoms with E-state index in [4.69, 9.17) is 14.2 Å². The lowest BCUT2D eigenvalue weighted by molar-refractivity contribution is 0.0882. The molecule has 2 aromatic carbocycles. The van der Waals surface area contributed by atoms with E-state index >= 15 is 0 Å². The summed E-state index contributed by atoms with van der Waals surface area (Å²) < 4.78 is 16.6. The molecule has 9 heteroatoms. The molecule has 1 aliphatic heterocycles. The Morgan fingerprint density at radius 3 is 2.42 bits per heavy atom. The zero-order valence-electron chi connectivity index (χ0n) is 20.1. The number of fused-ring (bicyclic) bond motifs is 3. The maximum Gasteiger partial charge on any atom is 0.409 e. The van der Waals surface area contributed by atoms with E-state index in [0.717, 1.165) is 5.56 Å². The number of nitrogens with one attached hydrogen (secondary N) is 1. The van der Waals surface area contributed by atoms with Gasteiger partial charge < -0.3 is 24.4 Å². The molecule has 1 aromatic heterocycles. The van der Waals surface area contributed by atoms with Crippen molar-refractivity contribution in [2.45, 2.75) is 12.0 Å². The number of carbonyl (C=O) groups is 1. The van der Waals surface area contributed by atoms with Gasteiger partial charge >= 0.3 is 6.09 Å². The van der Waals surface area contributed by atoms with Crippen LogP contribution in [-0.4, -0.2) is 62.5 Å². The minimum Gasteiger partial charge on any atom is -0.490 e. The van der Waals surface area contributed by atoms with Gasteiger partial charge in [0.05, 0.1) is 18.8 Å². The molecule has 1 atom stereocenters. The first-order valence-corrected chi connectivity index (χ1v) is 11.6. The number of piperazine rings is 1. The number of ether oxygens (including phenoxy) is 3. The Kier molecular flexibility index (Phi) is 9.96. The normalized spacial score (nSPS) is 16.2. The Bertz CT molecular complexity index is 1120. The maximum atomic E-state index is 13.0. The van der Waals surface area contributed by atoms with Gasteiger partial charge in [-0.3, -0.25) is 4.98 Å². The molecule has 0 saturated carbocycles. The Labute approximate surface area is 224 Å². The number of hydrogen-bond donors (Lipinski definition) is 1. The van der Waals surface area contributed by atoms with Gasteiger partial charge in [-0.1, -0.05) is 48.5 Å². The highest BCUT2D eigenvalue weighted by molar-refractivity contribution is 5.85. The molecule has 1 N–H and O–H groups in total. The van der Waals surface area contributed by atoms with Crippen molar-refractivity contribution in [2.24, 2.45) is 0 Å². The Balaban J connectivity index is 0.00000180. The summed E-state index contributed by atoms with van der Waals surface area (Å²) in [6.07, 6.45) is 3.21. The maximum absolute atomic E-state index is 13.0. The highest BCUT2D eigenvalue weighted by Gasteiger charge is 2.31. The smallest absolute Gasteiger partial charge is 0.409 e. The molecular weight excluding hydrogens is 501 g/mol. The van der Waals surface area contributed by atoms with Gasteiger partial charge in [-0.05, 0) is 33.9 Å². The molecule has 7 nitrogen and oxygen atoms in total. The average molecular weight is 532 g/mol. The Hall–Kier alpha value is -2.84. The van der Waals surface area contributed by atoms with Gasteiger partial charge in [0.25, 0.3) is 0 Å². The standard InChI is InChI=1S/C27H29N3O4.2ClH/c1-32-12-13-33-20-14-19(15-28-16-20)26-17-30(11-10-29-26)27(31)34-18-25-23-8-4-2-6-21(23)22-7-3-5-9-24(22)25;;/h2-9,14-16,25-26,29H,10-13,17-18H2,1H3;2*1H. The summed E-state index contributed by atoms with van der Waals surface area (Å²) in [7, 11) is 1.64. The number of benzene rings is 2. The number of amides is 1. The first-order chi connectivity index (χ1) is 16.7. The molecule has 1 amide bonds. The van der Waals surface area contributed by atoms with Crippen LogP contribution < -0.4 is 10.1 Å². The predicted molar refractivity (Wildman–Crippen MR) is 143 cm³/mol. The number of carbonyl (C=O) groups excluding carboxylic acids is 1. The molecule has 2 heterocycles. The Morgan fingerprint density at radius 2 is 1.72 bits per heavy atom.